The van der Waals surface area contributed by atoms with E-state index in [0.717, 1.165) is 48.5 Å². The van der Waals surface area contributed by atoms with E-state index in [-0.39, 0.29) is 5.91 Å². The molecule has 0 N–H and O–H groups in total. The van der Waals surface area contributed by atoms with Crippen molar-refractivity contribution in [2.75, 3.05) is 6.54 Å². The maximum absolute atomic E-state index is 13.4. The number of hydrogen-bond donors (Lipinski definition) is 0. The molecule has 5 nitrogen and oxygen atoms in total. The Morgan fingerprint density at radius 1 is 1.07 bits per heavy atom. The topological polar surface area (TPSA) is 51.0 Å². The second-order valence-electron chi connectivity index (χ2n) is 7.23. The van der Waals surface area contributed by atoms with Gasteiger partial charge in [-0.1, -0.05) is 36.8 Å². The van der Waals surface area contributed by atoms with Gasteiger partial charge >= 0.3 is 0 Å². The van der Waals surface area contributed by atoms with Gasteiger partial charge in [-0.05, 0) is 43.9 Å². The van der Waals surface area contributed by atoms with Crippen LogP contribution in [0.25, 0.3) is 11.4 Å². The van der Waals surface area contributed by atoms with Crippen LogP contribution in [-0.4, -0.2) is 31.9 Å². The summed E-state index contributed by atoms with van der Waals surface area (Å²) in [7, 11) is 0. The molecular formula is C23H26N4O. The van der Waals surface area contributed by atoms with E-state index in [0.29, 0.717) is 18.8 Å². The van der Waals surface area contributed by atoms with Crippen LogP contribution in [0.5, 0.6) is 0 Å². The van der Waals surface area contributed by atoms with Gasteiger partial charge in [0.15, 0.2) is 0 Å². The molecule has 1 aliphatic rings. The average Bonchev–Trinajstić information content (AvgIpc) is 2.93. The third-order valence-electron chi connectivity index (χ3n) is 5.39. The van der Waals surface area contributed by atoms with Gasteiger partial charge in [0.05, 0.1) is 5.69 Å². The normalized spacial score (nSPS) is 13.6. The Hall–Kier alpha value is -2.95. The van der Waals surface area contributed by atoms with Crippen LogP contribution in [0, 0.1) is 0 Å². The molecule has 0 atom stereocenters. The van der Waals surface area contributed by atoms with Crippen molar-refractivity contribution in [1.82, 2.24) is 19.4 Å². The lowest BCUT2D eigenvalue weighted by atomic mass is 10.1. The molecule has 144 valence electrons. The molecule has 0 saturated heterocycles. The van der Waals surface area contributed by atoms with E-state index in [9.17, 15) is 4.79 Å². The molecule has 2 aromatic heterocycles. The molecule has 3 heterocycles. The number of aromatic nitrogens is 3. The van der Waals surface area contributed by atoms with Crippen molar-refractivity contribution in [3.63, 3.8) is 0 Å². The van der Waals surface area contributed by atoms with Crippen molar-refractivity contribution >= 4 is 5.91 Å². The number of imidazole rings is 1. The van der Waals surface area contributed by atoms with Crippen molar-refractivity contribution in [3.8, 4) is 11.4 Å². The summed E-state index contributed by atoms with van der Waals surface area (Å²) in [5.74, 6) is 0.938. The molecule has 0 spiro atoms. The van der Waals surface area contributed by atoms with Gasteiger partial charge in [0.1, 0.15) is 11.5 Å². The first-order chi connectivity index (χ1) is 13.8. The van der Waals surface area contributed by atoms with Gasteiger partial charge in [0, 0.05) is 37.6 Å². The summed E-state index contributed by atoms with van der Waals surface area (Å²) in [6.07, 6.45) is 7.88. The fraction of sp³-hybridized carbons (Fsp3) is 0.348. The number of rotatable bonds is 5. The Bertz CT molecular complexity index is 934. The molecular weight excluding hydrogens is 348 g/mol. The number of benzene rings is 1. The van der Waals surface area contributed by atoms with Crippen molar-refractivity contribution in [3.05, 3.63) is 71.8 Å². The second-order valence-corrected chi connectivity index (χ2v) is 7.23. The monoisotopic (exact) mass is 374 g/mol. The van der Waals surface area contributed by atoms with Gasteiger partial charge in [0.25, 0.3) is 5.91 Å². The van der Waals surface area contributed by atoms with E-state index in [2.05, 4.69) is 21.7 Å². The summed E-state index contributed by atoms with van der Waals surface area (Å²) in [5.41, 5.74) is 3.87. The highest BCUT2D eigenvalue weighted by atomic mass is 16.2. The van der Waals surface area contributed by atoms with E-state index in [1.807, 2.05) is 42.2 Å². The summed E-state index contributed by atoms with van der Waals surface area (Å²) in [6, 6.07) is 14.1. The van der Waals surface area contributed by atoms with Gasteiger partial charge in [-0.25, -0.2) is 4.98 Å². The number of pyridine rings is 1. The molecule has 0 unspecified atom stereocenters. The van der Waals surface area contributed by atoms with E-state index in [1.54, 1.807) is 12.4 Å². The molecule has 28 heavy (non-hydrogen) atoms. The van der Waals surface area contributed by atoms with Crippen LogP contribution in [0.1, 0.15) is 47.9 Å². The maximum Gasteiger partial charge on any atom is 0.274 e. The van der Waals surface area contributed by atoms with Gasteiger partial charge in [0.2, 0.25) is 0 Å². The quantitative estimate of drug-likeness (QED) is 0.668. The van der Waals surface area contributed by atoms with E-state index < -0.39 is 0 Å². The van der Waals surface area contributed by atoms with Crippen LogP contribution in [-0.2, 0) is 19.5 Å². The Labute approximate surface area is 166 Å². The molecule has 3 aromatic rings. The zero-order valence-electron chi connectivity index (χ0n) is 16.3. The molecule has 0 radical (unpaired) electrons. The van der Waals surface area contributed by atoms with Crippen LogP contribution in [0.2, 0.25) is 0 Å². The summed E-state index contributed by atoms with van der Waals surface area (Å²) < 4.78 is 2.27. The standard InChI is InChI=1S/C23H26N4O/c1-2-26(17-18-12-14-24-15-13-18)23(28)21-20-11-7-4-8-16-27(20)22(25-21)19-9-5-3-6-10-19/h3,5-6,9-10,12-15H,2,4,7-8,11,16-17H2,1H3. The molecule has 0 saturated carbocycles. The van der Waals surface area contributed by atoms with E-state index in [4.69, 9.17) is 4.98 Å². The number of carbonyl (C=O) groups excluding carboxylic acids is 1. The minimum atomic E-state index is 0.0205. The first-order valence-corrected chi connectivity index (χ1v) is 10.1. The molecule has 0 aliphatic carbocycles. The van der Waals surface area contributed by atoms with E-state index in [1.165, 1.54) is 6.42 Å². The van der Waals surface area contributed by atoms with Crippen molar-refractivity contribution in [1.29, 1.82) is 0 Å². The highest BCUT2D eigenvalue weighted by molar-refractivity contribution is 5.94. The number of nitrogens with zero attached hydrogens (tertiary/aromatic N) is 4. The number of hydrogen-bond acceptors (Lipinski definition) is 3. The molecule has 0 bridgehead atoms. The summed E-state index contributed by atoms with van der Waals surface area (Å²) in [5, 5.41) is 0. The van der Waals surface area contributed by atoms with Crippen LogP contribution in [0.3, 0.4) is 0 Å². The average molecular weight is 374 g/mol. The van der Waals surface area contributed by atoms with Crippen molar-refractivity contribution in [2.24, 2.45) is 0 Å². The fourth-order valence-electron chi connectivity index (χ4n) is 3.88. The molecule has 4 rings (SSSR count). The van der Waals surface area contributed by atoms with Gasteiger partial charge < -0.3 is 9.47 Å². The second kappa shape index (κ2) is 8.38. The number of amides is 1. The fourth-order valence-corrected chi connectivity index (χ4v) is 3.88. The van der Waals surface area contributed by atoms with Crippen molar-refractivity contribution in [2.45, 2.75) is 45.7 Å². The minimum Gasteiger partial charge on any atom is -0.333 e. The minimum absolute atomic E-state index is 0.0205. The van der Waals surface area contributed by atoms with Crippen LogP contribution >= 0.6 is 0 Å². The first-order valence-electron chi connectivity index (χ1n) is 10.1. The zero-order chi connectivity index (χ0) is 19.3. The van der Waals surface area contributed by atoms with Gasteiger partial charge in [-0.2, -0.15) is 0 Å². The smallest absolute Gasteiger partial charge is 0.274 e. The molecule has 1 amide bonds. The van der Waals surface area contributed by atoms with Gasteiger partial charge in [-0.15, -0.1) is 0 Å². The largest absolute Gasteiger partial charge is 0.333 e. The maximum atomic E-state index is 13.4. The number of carbonyl (C=O) groups is 1. The third kappa shape index (κ3) is 3.70. The summed E-state index contributed by atoms with van der Waals surface area (Å²) in [6.45, 7) is 4.17. The zero-order valence-corrected chi connectivity index (χ0v) is 16.3. The SMILES string of the molecule is CCN(Cc1ccncc1)C(=O)c1nc(-c2ccccc2)n2c1CCCCC2. The highest BCUT2D eigenvalue weighted by Gasteiger charge is 2.27. The molecule has 1 aliphatic heterocycles. The Morgan fingerprint density at radius 2 is 1.86 bits per heavy atom. The third-order valence-corrected chi connectivity index (χ3v) is 5.39. The van der Waals surface area contributed by atoms with Crippen molar-refractivity contribution < 1.29 is 4.79 Å². The highest BCUT2D eigenvalue weighted by Crippen LogP contribution is 2.28. The summed E-state index contributed by atoms with van der Waals surface area (Å²) in [4.78, 5) is 24.3. The molecule has 0 fully saturated rings. The first kappa shape index (κ1) is 18.4. The van der Waals surface area contributed by atoms with Crippen LogP contribution in [0.4, 0.5) is 0 Å². The number of fused-ring (bicyclic) bond motifs is 1. The predicted molar refractivity (Wildman–Crippen MR) is 110 cm³/mol. The van der Waals surface area contributed by atoms with Crippen LogP contribution < -0.4 is 0 Å². The predicted octanol–water partition coefficient (Wildman–Crippen LogP) is 4.33. The lowest BCUT2D eigenvalue weighted by molar-refractivity contribution is 0.0746. The Morgan fingerprint density at radius 3 is 2.61 bits per heavy atom. The lowest BCUT2D eigenvalue weighted by Crippen LogP contribution is -2.31. The van der Waals surface area contributed by atoms with Crippen LogP contribution in [0.15, 0.2) is 54.9 Å². The lowest BCUT2D eigenvalue weighted by Gasteiger charge is -2.20. The molecule has 5 heteroatoms. The summed E-state index contributed by atoms with van der Waals surface area (Å²) >= 11 is 0. The molecule has 1 aromatic carbocycles. The Kier molecular flexibility index (Phi) is 5.51. The Balaban J connectivity index is 1.72. The van der Waals surface area contributed by atoms with E-state index >= 15 is 0 Å². The van der Waals surface area contributed by atoms with Gasteiger partial charge in [-0.3, -0.25) is 9.78 Å².